The summed E-state index contributed by atoms with van der Waals surface area (Å²) < 4.78 is 36.1. The summed E-state index contributed by atoms with van der Waals surface area (Å²) in [5.41, 5.74) is 0. The summed E-state index contributed by atoms with van der Waals surface area (Å²) in [5, 5.41) is 3.35. The summed E-state index contributed by atoms with van der Waals surface area (Å²) >= 11 is 0. The smallest absolute Gasteiger partial charge is 0.314 e. The molecule has 0 aliphatic carbocycles. The summed E-state index contributed by atoms with van der Waals surface area (Å²) in [5.74, 6) is 0. The molecule has 0 spiro atoms. The Morgan fingerprint density at radius 3 is 2.12 bits per heavy atom. The SMILES string of the molecule is CCCCCC(CCCC(F)(F)F)NCCC. The van der Waals surface area contributed by atoms with Crippen molar-refractivity contribution in [3.8, 4) is 0 Å². The largest absolute Gasteiger partial charge is 0.389 e. The Morgan fingerprint density at radius 1 is 0.941 bits per heavy atom. The molecule has 0 saturated carbocycles. The molecule has 0 aromatic carbocycles. The second-order valence-electron chi connectivity index (χ2n) is 4.65. The van der Waals surface area contributed by atoms with Crippen molar-refractivity contribution in [3.05, 3.63) is 0 Å². The molecule has 104 valence electrons. The number of halogens is 3. The van der Waals surface area contributed by atoms with E-state index in [1.807, 2.05) is 0 Å². The van der Waals surface area contributed by atoms with Crippen LogP contribution in [0.1, 0.15) is 65.2 Å². The first-order valence-electron chi connectivity index (χ1n) is 6.79. The van der Waals surface area contributed by atoms with Gasteiger partial charge in [-0.25, -0.2) is 0 Å². The topological polar surface area (TPSA) is 12.0 Å². The van der Waals surface area contributed by atoms with E-state index in [-0.39, 0.29) is 12.5 Å². The average Bonchev–Trinajstić information content (AvgIpc) is 2.23. The Kier molecular flexibility index (Phi) is 9.60. The molecular weight excluding hydrogens is 227 g/mol. The molecule has 1 nitrogen and oxygen atoms in total. The molecule has 1 unspecified atom stereocenters. The van der Waals surface area contributed by atoms with Crippen molar-refractivity contribution in [1.82, 2.24) is 5.32 Å². The third kappa shape index (κ3) is 12.0. The first-order chi connectivity index (χ1) is 7.99. The minimum absolute atomic E-state index is 0.247. The summed E-state index contributed by atoms with van der Waals surface area (Å²) in [7, 11) is 0. The normalized spacial score (nSPS) is 13.9. The maximum atomic E-state index is 12.0. The zero-order chi connectivity index (χ0) is 13.1. The number of unbranched alkanes of at least 4 members (excludes halogenated alkanes) is 2. The van der Waals surface area contributed by atoms with Gasteiger partial charge < -0.3 is 5.32 Å². The van der Waals surface area contributed by atoms with Gasteiger partial charge in [-0.15, -0.1) is 0 Å². The third-order valence-electron chi connectivity index (χ3n) is 2.85. The molecule has 0 rings (SSSR count). The standard InChI is InChI=1S/C13H26F3N/c1-3-5-6-8-12(17-11-4-2)9-7-10-13(14,15)16/h12,17H,3-11H2,1-2H3. The van der Waals surface area contributed by atoms with E-state index < -0.39 is 12.6 Å². The van der Waals surface area contributed by atoms with Crippen LogP contribution in [0.25, 0.3) is 0 Å². The average molecular weight is 253 g/mol. The highest BCUT2D eigenvalue weighted by Crippen LogP contribution is 2.23. The van der Waals surface area contributed by atoms with Crippen molar-refractivity contribution in [2.45, 2.75) is 77.4 Å². The molecule has 0 bridgehead atoms. The van der Waals surface area contributed by atoms with E-state index in [1.54, 1.807) is 0 Å². The summed E-state index contributed by atoms with van der Waals surface area (Å²) in [4.78, 5) is 0. The Morgan fingerprint density at radius 2 is 1.59 bits per heavy atom. The van der Waals surface area contributed by atoms with Gasteiger partial charge in [-0.3, -0.25) is 0 Å². The van der Waals surface area contributed by atoms with E-state index in [2.05, 4.69) is 19.2 Å². The lowest BCUT2D eigenvalue weighted by molar-refractivity contribution is -0.135. The molecule has 0 heterocycles. The number of rotatable bonds is 10. The lowest BCUT2D eigenvalue weighted by atomic mass is 10.0. The zero-order valence-electron chi connectivity index (χ0n) is 11.1. The minimum Gasteiger partial charge on any atom is -0.314 e. The van der Waals surface area contributed by atoms with Gasteiger partial charge in [0.2, 0.25) is 0 Å². The van der Waals surface area contributed by atoms with Gasteiger partial charge in [0.05, 0.1) is 0 Å². The second-order valence-corrected chi connectivity index (χ2v) is 4.65. The van der Waals surface area contributed by atoms with Crippen LogP contribution in [0.15, 0.2) is 0 Å². The third-order valence-corrected chi connectivity index (χ3v) is 2.85. The molecule has 0 aromatic rings. The van der Waals surface area contributed by atoms with E-state index in [1.165, 1.54) is 6.42 Å². The Labute approximate surface area is 103 Å². The molecule has 0 aromatic heterocycles. The van der Waals surface area contributed by atoms with E-state index >= 15 is 0 Å². The number of nitrogens with one attached hydrogen (secondary N) is 1. The minimum atomic E-state index is -4.00. The van der Waals surface area contributed by atoms with Crippen LogP contribution in [0.5, 0.6) is 0 Å². The molecule has 4 heteroatoms. The van der Waals surface area contributed by atoms with Crippen molar-refractivity contribution in [2.75, 3.05) is 6.54 Å². The molecule has 1 N–H and O–H groups in total. The maximum absolute atomic E-state index is 12.0. The molecule has 0 saturated heterocycles. The van der Waals surface area contributed by atoms with Gasteiger partial charge in [0.25, 0.3) is 0 Å². The van der Waals surface area contributed by atoms with Crippen LogP contribution in [0.4, 0.5) is 13.2 Å². The molecule has 0 amide bonds. The van der Waals surface area contributed by atoms with Crippen molar-refractivity contribution >= 4 is 0 Å². The van der Waals surface area contributed by atoms with Crippen LogP contribution in [-0.2, 0) is 0 Å². The van der Waals surface area contributed by atoms with Crippen LogP contribution >= 0.6 is 0 Å². The fourth-order valence-electron chi connectivity index (χ4n) is 1.89. The predicted octanol–water partition coefficient (Wildman–Crippen LogP) is 4.67. The fourth-order valence-corrected chi connectivity index (χ4v) is 1.89. The van der Waals surface area contributed by atoms with Gasteiger partial charge in [0.15, 0.2) is 0 Å². The van der Waals surface area contributed by atoms with Gasteiger partial charge >= 0.3 is 6.18 Å². The van der Waals surface area contributed by atoms with Gasteiger partial charge in [-0.05, 0) is 32.2 Å². The van der Waals surface area contributed by atoms with Crippen LogP contribution in [0, 0.1) is 0 Å². The Balaban J connectivity index is 3.75. The highest BCUT2D eigenvalue weighted by Gasteiger charge is 2.26. The van der Waals surface area contributed by atoms with E-state index in [0.29, 0.717) is 6.42 Å². The molecule has 1 atom stereocenters. The van der Waals surface area contributed by atoms with Crippen LogP contribution in [0.2, 0.25) is 0 Å². The van der Waals surface area contributed by atoms with Crippen molar-refractivity contribution in [1.29, 1.82) is 0 Å². The van der Waals surface area contributed by atoms with Gasteiger partial charge in [0.1, 0.15) is 0 Å². The summed E-state index contributed by atoms with van der Waals surface area (Å²) in [6.45, 7) is 5.12. The monoisotopic (exact) mass is 253 g/mol. The van der Waals surface area contributed by atoms with Gasteiger partial charge in [-0.1, -0.05) is 33.1 Å². The summed E-state index contributed by atoms with van der Waals surface area (Å²) in [6.07, 6.45) is 1.72. The number of hydrogen-bond donors (Lipinski definition) is 1. The highest BCUT2D eigenvalue weighted by atomic mass is 19.4. The predicted molar refractivity (Wildman–Crippen MR) is 66.1 cm³/mol. The van der Waals surface area contributed by atoms with E-state index in [4.69, 9.17) is 0 Å². The number of alkyl halides is 3. The molecule has 0 fully saturated rings. The van der Waals surface area contributed by atoms with Crippen LogP contribution < -0.4 is 5.32 Å². The summed E-state index contributed by atoms with van der Waals surface area (Å²) in [6, 6.07) is 0.267. The highest BCUT2D eigenvalue weighted by molar-refractivity contribution is 4.68. The zero-order valence-corrected chi connectivity index (χ0v) is 11.1. The van der Waals surface area contributed by atoms with E-state index in [0.717, 1.165) is 32.2 Å². The quantitative estimate of drug-likeness (QED) is 0.558. The first-order valence-corrected chi connectivity index (χ1v) is 6.79. The van der Waals surface area contributed by atoms with Crippen LogP contribution in [-0.4, -0.2) is 18.8 Å². The van der Waals surface area contributed by atoms with E-state index in [9.17, 15) is 13.2 Å². The molecule has 0 aliphatic rings. The molecule has 0 aliphatic heterocycles. The van der Waals surface area contributed by atoms with Crippen molar-refractivity contribution in [2.24, 2.45) is 0 Å². The molecular formula is C13H26F3N. The molecule has 0 radical (unpaired) electrons. The maximum Gasteiger partial charge on any atom is 0.389 e. The fraction of sp³-hybridized carbons (Fsp3) is 1.00. The second kappa shape index (κ2) is 9.75. The molecule has 17 heavy (non-hydrogen) atoms. The lowest BCUT2D eigenvalue weighted by Gasteiger charge is -2.18. The first kappa shape index (κ1) is 16.8. The number of hydrogen-bond acceptors (Lipinski definition) is 1. The Bertz CT molecular complexity index is 169. The van der Waals surface area contributed by atoms with Crippen molar-refractivity contribution < 1.29 is 13.2 Å². The van der Waals surface area contributed by atoms with Crippen LogP contribution in [0.3, 0.4) is 0 Å². The Hall–Kier alpha value is -0.250. The van der Waals surface area contributed by atoms with Crippen molar-refractivity contribution in [3.63, 3.8) is 0 Å². The lowest BCUT2D eigenvalue weighted by Crippen LogP contribution is -2.30. The van der Waals surface area contributed by atoms with Gasteiger partial charge in [0, 0.05) is 12.5 Å². The van der Waals surface area contributed by atoms with Gasteiger partial charge in [-0.2, -0.15) is 13.2 Å².